The summed E-state index contributed by atoms with van der Waals surface area (Å²) in [6.07, 6.45) is 5.42. The summed E-state index contributed by atoms with van der Waals surface area (Å²) in [6.45, 7) is 2.09. The summed E-state index contributed by atoms with van der Waals surface area (Å²) in [5.74, 6) is 0. The molecule has 94 valence electrons. The maximum Gasteiger partial charge on any atom is 0.187 e. The van der Waals surface area contributed by atoms with E-state index in [0.29, 0.717) is 0 Å². The highest BCUT2D eigenvalue weighted by atomic mass is 32.1. The summed E-state index contributed by atoms with van der Waals surface area (Å²) >= 11 is 1.59. The molecular formula is C15H13N3S. The number of benzene rings is 1. The molecule has 0 saturated heterocycles. The zero-order valence-corrected chi connectivity index (χ0v) is 11.3. The molecule has 2 heterocycles. The van der Waals surface area contributed by atoms with Crippen molar-refractivity contribution < 1.29 is 0 Å². The maximum absolute atomic E-state index is 4.24. The van der Waals surface area contributed by atoms with Gasteiger partial charge in [0.15, 0.2) is 5.13 Å². The van der Waals surface area contributed by atoms with Crippen LogP contribution in [0.5, 0.6) is 0 Å². The molecule has 2 aromatic heterocycles. The van der Waals surface area contributed by atoms with Crippen molar-refractivity contribution in [2.75, 3.05) is 5.32 Å². The normalized spacial score (nSPS) is 10.4. The Kier molecular flexibility index (Phi) is 3.25. The average Bonchev–Trinajstić information content (AvgIpc) is 2.92. The summed E-state index contributed by atoms with van der Waals surface area (Å²) in [5, 5.41) is 6.20. The number of aromatic nitrogens is 2. The third-order valence-electron chi connectivity index (χ3n) is 2.77. The molecule has 1 N–H and O–H groups in total. The molecule has 0 aliphatic carbocycles. The van der Waals surface area contributed by atoms with Crippen molar-refractivity contribution in [1.29, 1.82) is 0 Å². The zero-order chi connectivity index (χ0) is 13.1. The van der Waals surface area contributed by atoms with E-state index in [2.05, 4.69) is 40.4 Å². The minimum atomic E-state index is 0.909. The molecule has 0 spiro atoms. The van der Waals surface area contributed by atoms with E-state index in [-0.39, 0.29) is 0 Å². The average molecular weight is 267 g/mol. The number of hydrogen-bond acceptors (Lipinski definition) is 4. The number of nitrogens with one attached hydrogen (secondary N) is 1. The highest BCUT2D eigenvalue weighted by Crippen LogP contribution is 2.26. The minimum absolute atomic E-state index is 0.909. The summed E-state index contributed by atoms with van der Waals surface area (Å²) in [6, 6.07) is 10.4. The highest BCUT2D eigenvalue weighted by Gasteiger charge is 2.03. The maximum atomic E-state index is 4.24. The minimum Gasteiger partial charge on any atom is -0.332 e. The summed E-state index contributed by atoms with van der Waals surface area (Å²) < 4.78 is 0. The molecule has 0 saturated carbocycles. The molecule has 0 amide bonds. The van der Waals surface area contributed by atoms with Gasteiger partial charge in [-0.1, -0.05) is 6.07 Å². The van der Waals surface area contributed by atoms with Gasteiger partial charge in [-0.2, -0.15) is 0 Å². The SMILES string of the molecule is Cc1cc(Nc2nccs2)cc(-c2ccncc2)c1. The van der Waals surface area contributed by atoms with Crippen molar-refractivity contribution in [2.45, 2.75) is 6.92 Å². The van der Waals surface area contributed by atoms with Crippen molar-refractivity contribution in [2.24, 2.45) is 0 Å². The van der Waals surface area contributed by atoms with Gasteiger partial charge in [-0.05, 0) is 47.9 Å². The number of rotatable bonds is 3. The zero-order valence-electron chi connectivity index (χ0n) is 10.5. The van der Waals surface area contributed by atoms with E-state index in [0.717, 1.165) is 10.8 Å². The monoisotopic (exact) mass is 267 g/mol. The smallest absolute Gasteiger partial charge is 0.187 e. The molecule has 0 aliphatic heterocycles. The Labute approximate surface area is 116 Å². The van der Waals surface area contributed by atoms with Crippen LogP contribution in [0.25, 0.3) is 11.1 Å². The first-order chi connectivity index (χ1) is 9.31. The van der Waals surface area contributed by atoms with Crippen molar-refractivity contribution >= 4 is 22.2 Å². The lowest BCUT2D eigenvalue weighted by molar-refractivity contribution is 1.33. The fourth-order valence-corrected chi connectivity index (χ4v) is 2.52. The Morgan fingerprint density at radius 3 is 2.58 bits per heavy atom. The van der Waals surface area contributed by atoms with E-state index in [1.165, 1.54) is 16.7 Å². The molecule has 3 aromatic rings. The predicted octanol–water partition coefficient (Wildman–Crippen LogP) is 4.26. The molecule has 0 unspecified atom stereocenters. The fourth-order valence-electron chi connectivity index (χ4n) is 1.97. The van der Waals surface area contributed by atoms with Gasteiger partial charge in [0.25, 0.3) is 0 Å². The third kappa shape index (κ3) is 2.80. The fraction of sp³-hybridized carbons (Fsp3) is 0.0667. The lowest BCUT2D eigenvalue weighted by Gasteiger charge is -2.08. The summed E-state index contributed by atoms with van der Waals surface area (Å²) in [7, 11) is 0. The van der Waals surface area contributed by atoms with E-state index in [1.807, 2.05) is 29.9 Å². The van der Waals surface area contributed by atoms with Gasteiger partial charge < -0.3 is 5.32 Å². The van der Waals surface area contributed by atoms with Crippen LogP contribution in [0.4, 0.5) is 10.8 Å². The van der Waals surface area contributed by atoms with Gasteiger partial charge in [0.2, 0.25) is 0 Å². The number of nitrogens with zero attached hydrogens (tertiary/aromatic N) is 2. The molecule has 0 bridgehead atoms. The van der Waals surface area contributed by atoms with Crippen LogP contribution in [0.3, 0.4) is 0 Å². The molecule has 19 heavy (non-hydrogen) atoms. The number of thiazole rings is 1. The van der Waals surface area contributed by atoms with Gasteiger partial charge in [-0.25, -0.2) is 4.98 Å². The van der Waals surface area contributed by atoms with Gasteiger partial charge >= 0.3 is 0 Å². The van der Waals surface area contributed by atoms with Crippen LogP contribution in [-0.2, 0) is 0 Å². The Bertz CT molecular complexity index is 663. The van der Waals surface area contributed by atoms with Crippen LogP contribution >= 0.6 is 11.3 Å². The van der Waals surface area contributed by atoms with Crippen LogP contribution in [0.2, 0.25) is 0 Å². The second-order valence-electron chi connectivity index (χ2n) is 4.29. The van der Waals surface area contributed by atoms with Gasteiger partial charge in [-0.3, -0.25) is 4.98 Å². The number of pyridine rings is 1. The van der Waals surface area contributed by atoms with E-state index < -0.39 is 0 Å². The Morgan fingerprint density at radius 1 is 1.00 bits per heavy atom. The topological polar surface area (TPSA) is 37.8 Å². The molecule has 0 atom stereocenters. The Morgan fingerprint density at radius 2 is 1.84 bits per heavy atom. The summed E-state index contributed by atoms with van der Waals surface area (Å²) in [5.41, 5.74) is 4.62. The van der Waals surface area contributed by atoms with Crippen molar-refractivity contribution in [3.05, 3.63) is 59.9 Å². The molecule has 0 aliphatic rings. The molecule has 0 radical (unpaired) electrons. The molecule has 0 fully saturated rings. The molecule has 3 nitrogen and oxygen atoms in total. The van der Waals surface area contributed by atoms with Crippen molar-refractivity contribution in [3.8, 4) is 11.1 Å². The van der Waals surface area contributed by atoms with Crippen LogP contribution in [0.15, 0.2) is 54.3 Å². The van der Waals surface area contributed by atoms with Crippen LogP contribution in [-0.4, -0.2) is 9.97 Å². The second kappa shape index (κ2) is 5.20. The lowest BCUT2D eigenvalue weighted by Crippen LogP contribution is -1.91. The first kappa shape index (κ1) is 11.9. The quantitative estimate of drug-likeness (QED) is 0.770. The van der Waals surface area contributed by atoms with Gasteiger partial charge in [0, 0.05) is 29.7 Å². The molecular weight excluding hydrogens is 254 g/mol. The van der Waals surface area contributed by atoms with Gasteiger partial charge in [0.05, 0.1) is 0 Å². The predicted molar refractivity (Wildman–Crippen MR) is 79.8 cm³/mol. The first-order valence-corrected chi connectivity index (χ1v) is 6.88. The molecule has 4 heteroatoms. The molecule has 3 rings (SSSR count). The first-order valence-electron chi connectivity index (χ1n) is 6.00. The summed E-state index contributed by atoms with van der Waals surface area (Å²) in [4.78, 5) is 8.29. The van der Waals surface area contributed by atoms with Crippen molar-refractivity contribution in [3.63, 3.8) is 0 Å². The van der Waals surface area contributed by atoms with Crippen molar-refractivity contribution in [1.82, 2.24) is 9.97 Å². The van der Waals surface area contributed by atoms with E-state index >= 15 is 0 Å². The van der Waals surface area contributed by atoms with E-state index in [9.17, 15) is 0 Å². The Hall–Kier alpha value is -2.20. The standard InChI is InChI=1S/C15H13N3S/c1-11-8-13(12-2-4-16-5-3-12)10-14(9-11)18-15-17-6-7-19-15/h2-10H,1H3,(H,17,18). The largest absolute Gasteiger partial charge is 0.332 e. The highest BCUT2D eigenvalue weighted by molar-refractivity contribution is 7.13. The molecule has 1 aromatic carbocycles. The van der Waals surface area contributed by atoms with E-state index in [1.54, 1.807) is 17.5 Å². The van der Waals surface area contributed by atoms with Crippen LogP contribution in [0, 0.1) is 6.92 Å². The third-order valence-corrected chi connectivity index (χ3v) is 3.46. The van der Waals surface area contributed by atoms with Gasteiger partial charge in [0.1, 0.15) is 0 Å². The lowest BCUT2D eigenvalue weighted by atomic mass is 10.0. The number of hydrogen-bond donors (Lipinski definition) is 1. The Balaban J connectivity index is 1.97. The van der Waals surface area contributed by atoms with E-state index in [4.69, 9.17) is 0 Å². The number of aryl methyl sites for hydroxylation is 1. The number of anilines is 2. The second-order valence-corrected chi connectivity index (χ2v) is 5.18. The van der Waals surface area contributed by atoms with Crippen LogP contribution < -0.4 is 5.32 Å². The van der Waals surface area contributed by atoms with Gasteiger partial charge in [-0.15, -0.1) is 11.3 Å². The van der Waals surface area contributed by atoms with Crippen LogP contribution in [0.1, 0.15) is 5.56 Å².